The number of ether oxygens (including phenoxy) is 2. The molecule has 0 saturated heterocycles. The molecule has 1 amide bonds. The molecule has 4 aromatic rings. The molecule has 2 aromatic heterocycles. The second kappa shape index (κ2) is 9.61. The molecule has 9 heteroatoms. The molecule has 2 N–H and O–H groups in total. The number of nitrogens with one attached hydrogen (secondary N) is 2. The highest BCUT2D eigenvalue weighted by Crippen LogP contribution is 2.20. The van der Waals surface area contributed by atoms with Gasteiger partial charge in [0.05, 0.1) is 7.11 Å². The molecule has 0 unspecified atom stereocenters. The van der Waals surface area contributed by atoms with Gasteiger partial charge in [-0.15, -0.1) is 0 Å². The molecule has 0 spiro atoms. The first-order valence-corrected chi connectivity index (χ1v) is 9.87. The molecule has 9 nitrogen and oxygen atoms in total. The number of methoxy groups -OCH3 is 1. The number of amides is 1. The summed E-state index contributed by atoms with van der Waals surface area (Å²) in [5, 5.41) is 6.06. The van der Waals surface area contributed by atoms with E-state index in [1.165, 1.54) is 0 Å². The average Bonchev–Trinajstić information content (AvgIpc) is 3.34. The molecule has 4 rings (SSSR count). The fraction of sp³-hybridized carbons (Fsp3) is 0.130. The van der Waals surface area contributed by atoms with Gasteiger partial charge in [0.15, 0.2) is 6.61 Å². The van der Waals surface area contributed by atoms with Crippen LogP contribution in [0, 0.1) is 6.92 Å². The van der Waals surface area contributed by atoms with Gasteiger partial charge in [-0.1, -0.05) is 0 Å². The highest BCUT2D eigenvalue weighted by atomic mass is 16.5. The van der Waals surface area contributed by atoms with Crippen LogP contribution in [0.25, 0.3) is 5.82 Å². The summed E-state index contributed by atoms with van der Waals surface area (Å²) < 4.78 is 12.4. The lowest BCUT2D eigenvalue weighted by Crippen LogP contribution is -2.20. The zero-order chi connectivity index (χ0) is 22.3. The van der Waals surface area contributed by atoms with Crippen LogP contribution in [0.3, 0.4) is 0 Å². The van der Waals surface area contributed by atoms with Crippen molar-refractivity contribution >= 4 is 23.1 Å². The van der Waals surface area contributed by atoms with E-state index in [9.17, 15) is 4.79 Å². The molecule has 0 fully saturated rings. The third kappa shape index (κ3) is 5.39. The van der Waals surface area contributed by atoms with Gasteiger partial charge in [-0.2, -0.15) is 0 Å². The first-order chi connectivity index (χ1) is 15.6. The first kappa shape index (κ1) is 20.9. The number of rotatable bonds is 8. The van der Waals surface area contributed by atoms with Crippen molar-refractivity contribution in [1.82, 2.24) is 19.5 Å². The third-order valence-corrected chi connectivity index (χ3v) is 4.46. The minimum atomic E-state index is -0.252. The highest BCUT2D eigenvalue weighted by molar-refractivity contribution is 5.92. The van der Waals surface area contributed by atoms with Crippen molar-refractivity contribution < 1.29 is 14.3 Å². The molecular formula is C23H22N6O3. The molecule has 0 atom stereocenters. The van der Waals surface area contributed by atoms with E-state index in [1.54, 1.807) is 56.0 Å². The molecule has 0 saturated carbocycles. The quantitative estimate of drug-likeness (QED) is 0.439. The number of imidazole rings is 1. The number of benzene rings is 2. The number of hydrogen-bond donors (Lipinski definition) is 2. The van der Waals surface area contributed by atoms with E-state index in [0.29, 0.717) is 23.1 Å². The summed E-state index contributed by atoms with van der Waals surface area (Å²) in [6.07, 6.45) is 5.20. The van der Waals surface area contributed by atoms with Gasteiger partial charge in [0, 0.05) is 29.8 Å². The van der Waals surface area contributed by atoms with E-state index >= 15 is 0 Å². The Morgan fingerprint density at radius 2 is 1.72 bits per heavy atom. The summed E-state index contributed by atoms with van der Waals surface area (Å²) in [5.41, 5.74) is 1.49. The fourth-order valence-corrected chi connectivity index (χ4v) is 2.95. The van der Waals surface area contributed by atoms with Gasteiger partial charge in [-0.05, 0) is 55.5 Å². The molecular weight excluding hydrogens is 408 g/mol. The summed E-state index contributed by atoms with van der Waals surface area (Å²) >= 11 is 0. The van der Waals surface area contributed by atoms with Crippen molar-refractivity contribution in [3.8, 4) is 17.3 Å². The Morgan fingerprint density at radius 1 is 1.00 bits per heavy atom. The van der Waals surface area contributed by atoms with Crippen LogP contribution in [-0.2, 0) is 4.79 Å². The first-order valence-electron chi connectivity index (χ1n) is 9.87. The predicted octanol–water partition coefficient (Wildman–Crippen LogP) is 3.74. The molecule has 0 aliphatic heterocycles. The zero-order valence-electron chi connectivity index (χ0n) is 17.6. The molecule has 2 heterocycles. The predicted molar refractivity (Wildman–Crippen MR) is 121 cm³/mol. The number of hydrogen-bond acceptors (Lipinski definition) is 7. The maximum atomic E-state index is 12.2. The van der Waals surface area contributed by atoms with Crippen molar-refractivity contribution in [2.24, 2.45) is 0 Å². The fourth-order valence-electron chi connectivity index (χ4n) is 2.95. The summed E-state index contributed by atoms with van der Waals surface area (Å²) in [6, 6.07) is 16.2. The molecule has 2 aromatic carbocycles. The van der Waals surface area contributed by atoms with E-state index in [-0.39, 0.29) is 12.5 Å². The van der Waals surface area contributed by atoms with Gasteiger partial charge < -0.3 is 20.1 Å². The Morgan fingerprint density at radius 3 is 2.41 bits per heavy atom. The van der Waals surface area contributed by atoms with E-state index in [2.05, 4.69) is 25.6 Å². The second-order valence-corrected chi connectivity index (χ2v) is 6.84. The van der Waals surface area contributed by atoms with Crippen LogP contribution in [0.1, 0.15) is 5.82 Å². The summed E-state index contributed by atoms with van der Waals surface area (Å²) in [6.45, 7) is 1.74. The smallest absolute Gasteiger partial charge is 0.262 e. The molecule has 0 radical (unpaired) electrons. The topological polar surface area (TPSA) is 103 Å². The average molecular weight is 430 g/mol. The van der Waals surface area contributed by atoms with E-state index < -0.39 is 0 Å². The van der Waals surface area contributed by atoms with Crippen LogP contribution in [-0.4, -0.2) is 39.1 Å². The Hall–Kier alpha value is -4.40. The standard InChI is InChI=1S/C23H22N6O3/c1-16-25-21(13-22(26-16)29-12-11-24-15-29)27-17-3-5-18(6-4-17)28-23(30)14-32-20-9-7-19(31-2)8-10-20/h3-13,15H,14H2,1-2H3,(H,28,30)(H,25,26,27). The van der Waals surface area contributed by atoms with E-state index in [0.717, 1.165) is 17.3 Å². The maximum absolute atomic E-state index is 12.2. The maximum Gasteiger partial charge on any atom is 0.262 e. The Labute approximate surface area is 185 Å². The van der Waals surface area contributed by atoms with Crippen molar-refractivity contribution in [3.05, 3.63) is 79.1 Å². The van der Waals surface area contributed by atoms with Crippen molar-refractivity contribution in [1.29, 1.82) is 0 Å². The van der Waals surface area contributed by atoms with Gasteiger partial charge in [0.2, 0.25) is 0 Å². The Balaban J connectivity index is 1.33. The van der Waals surface area contributed by atoms with Gasteiger partial charge in [-0.3, -0.25) is 9.36 Å². The molecule has 162 valence electrons. The number of carbonyl (C=O) groups is 1. The highest BCUT2D eigenvalue weighted by Gasteiger charge is 2.07. The minimum absolute atomic E-state index is 0.0937. The van der Waals surface area contributed by atoms with Gasteiger partial charge in [0.1, 0.15) is 35.3 Å². The molecule has 0 aliphatic rings. The SMILES string of the molecule is COc1ccc(OCC(=O)Nc2ccc(Nc3cc(-n4ccnc4)nc(C)n3)cc2)cc1. The van der Waals surface area contributed by atoms with Crippen molar-refractivity contribution in [2.45, 2.75) is 6.92 Å². The van der Waals surface area contributed by atoms with Crippen LogP contribution in [0.15, 0.2) is 73.3 Å². The number of carbonyl (C=O) groups excluding carboxylic acids is 1. The molecule has 0 aliphatic carbocycles. The lowest BCUT2D eigenvalue weighted by atomic mass is 10.2. The number of aromatic nitrogens is 4. The van der Waals surface area contributed by atoms with Gasteiger partial charge >= 0.3 is 0 Å². The number of nitrogens with zero attached hydrogens (tertiary/aromatic N) is 4. The van der Waals surface area contributed by atoms with E-state index in [1.807, 2.05) is 35.9 Å². The van der Waals surface area contributed by atoms with E-state index in [4.69, 9.17) is 9.47 Å². The summed E-state index contributed by atoms with van der Waals surface area (Å²) in [4.78, 5) is 25.1. The normalized spacial score (nSPS) is 10.4. The monoisotopic (exact) mass is 430 g/mol. The lowest BCUT2D eigenvalue weighted by Gasteiger charge is -2.11. The minimum Gasteiger partial charge on any atom is -0.497 e. The van der Waals surface area contributed by atoms with Crippen LogP contribution < -0.4 is 20.1 Å². The Kier molecular flexibility index (Phi) is 6.26. The van der Waals surface area contributed by atoms with Crippen LogP contribution >= 0.6 is 0 Å². The van der Waals surface area contributed by atoms with Crippen molar-refractivity contribution in [3.63, 3.8) is 0 Å². The lowest BCUT2D eigenvalue weighted by molar-refractivity contribution is -0.118. The van der Waals surface area contributed by atoms with Crippen LogP contribution in [0.5, 0.6) is 11.5 Å². The third-order valence-electron chi connectivity index (χ3n) is 4.46. The summed E-state index contributed by atoms with van der Waals surface area (Å²) in [5.74, 6) is 3.09. The Bertz CT molecular complexity index is 1180. The largest absolute Gasteiger partial charge is 0.497 e. The van der Waals surface area contributed by atoms with Crippen LogP contribution in [0.4, 0.5) is 17.2 Å². The van der Waals surface area contributed by atoms with Crippen molar-refractivity contribution in [2.75, 3.05) is 24.4 Å². The van der Waals surface area contributed by atoms with Gasteiger partial charge in [-0.25, -0.2) is 15.0 Å². The number of aryl methyl sites for hydroxylation is 1. The van der Waals surface area contributed by atoms with Gasteiger partial charge in [0.25, 0.3) is 5.91 Å². The second-order valence-electron chi connectivity index (χ2n) is 6.84. The number of anilines is 3. The van der Waals surface area contributed by atoms with Crippen LogP contribution in [0.2, 0.25) is 0 Å². The summed E-state index contributed by atoms with van der Waals surface area (Å²) in [7, 11) is 1.59. The molecule has 32 heavy (non-hydrogen) atoms. The zero-order valence-corrected chi connectivity index (χ0v) is 17.6. The molecule has 0 bridgehead atoms.